The molecule has 14 heavy (non-hydrogen) atoms. The van der Waals surface area contributed by atoms with Gasteiger partial charge in [-0.1, -0.05) is 11.8 Å². The van der Waals surface area contributed by atoms with Crippen LogP contribution in [-0.2, 0) is 0 Å². The number of benzene rings is 1. The first kappa shape index (κ1) is 9.08. The van der Waals surface area contributed by atoms with Crippen LogP contribution in [0.4, 0.5) is 0 Å². The molecule has 5 heteroatoms. The Labute approximate surface area is 85.6 Å². The second-order valence-electron chi connectivity index (χ2n) is 2.69. The number of hydrogen-bond donors (Lipinski definition) is 1. The van der Waals surface area contributed by atoms with Crippen molar-refractivity contribution in [3.8, 4) is 11.4 Å². The van der Waals surface area contributed by atoms with E-state index in [9.17, 15) is 0 Å². The van der Waals surface area contributed by atoms with Gasteiger partial charge in [0.15, 0.2) is 0 Å². The van der Waals surface area contributed by atoms with Crippen LogP contribution in [0.2, 0.25) is 0 Å². The molecular formula is C9H9N3OS. The van der Waals surface area contributed by atoms with Crippen LogP contribution in [0.3, 0.4) is 0 Å². The number of aromatic hydroxyl groups is 1. The van der Waals surface area contributed by atoms with E-state index in [2.05, 4.69) is 10.1 Å². The molecule has 0 saturated heterocycles. The largest absolute Gasteiger partial charge is 0.508 e. The fourth-order valence-electron chi connectivity index (χ4n) is 1.07. The van der Waals surface area contributed by atoms with Gasteiger partial charge in [-0.2, -0.15) is 0 Å². The van der Waals surface area contributed by atoms with E-state index in [1.165, 1.54) is 11.8 Å². The van der Waals surface area contributed by atoms with Gasteiger partial charge in [0.25, 0.3) is 0 Å². The van der Waals surface area contributed by atoms with Crippen molar-refractivity contribution >= 4 is 11.8 Å². The summed E-state index contributed by atoms with van der Waals surface area (Å²) in [6.07, 6.45) is 3.58. The van der Waals surface area contributed by atoms with Crippen molar-refractivity contribution in [1.29, 1.82) is 0 Å². The summed E-state index contributed by atoms with van der Waals surface area (Å²) in [5.41, 5.74) is 0.885. The summed E-state index contributed by atoms with van der Waals surface area (Å²) in [6.45, 7) is 0. The Morgan fingerprint density at radius 2 is 2.00 bits per heavy atom. The molecule has 0 bridgehead atoms. The Hall–Kier alpha value is -1.49. The molecule has 0 aliphatic carbocycles. The van der Waals surface area contributed by atoms with E-state index in [4.69, 9.17) is 5.11 Å². The van der Waals surface area contributed by atoms with Gasteiger partial charge >= 0.3 is 0 Å². The molecule has 0 fully saturated rings. The molecule has 0 radical (unpaired) electrons. The van der Waals surface area contributed by atoms with Crippen LogP contribution in [0.5, 0.6) is 5.75 Å². The fraction of sp³-hybridized carbons (Fsp3) is 0.111. The second-order valence-corrected chi connectivity index (χ2v) is 3.47. The predicted octanol–water partition coefficient (Wildman–Crippen LogP) is 1.69. The van der Waals surface area contributed by atoms with E-state index >= 15 is 0 Å². The number of nitrogens with zero attached hydrogens (tertiary/aromatic N) is 3. The SMILES string of the molecule is CSc1ncn(-c2ccc(O)cc2)n1. The van der Waals surface area contributed by atoms with Gasteiger partial charge in [0.05, 0.1) is 5.69 Å². The summed E-state index contributed by atoms with van der Waals surface area (Å²) in [7, 11) is 0. The number of phenolic OH excluding ortho intramolecular Hbond substituents is 1. The molecular weight excluding hydrogens is 198 g/mol. The first-order valence-electron chi connectivity index (χ1n) is 4.04. The van der Waals surface area contributed by atoms with E-state index < -0.39 is 0 Å². The highest BCUT2D eigenvalue weighted by atomic mass is 32.2. The molecule has 0 unspecified atom stereocenters. The van der Waals surface area contributed by atoms with Crippen LogP contribution in [0, 0.1) is 0 Å². The lowest BCUT2D eigenvalue weighted by atomic mass is 10.3. The molecule has 0 amide bonds. The topological polar surface area (TPSA) is 50.9 Å². The molecule has 4 nitrogen and oxygen atoms in total. The first-order valence-corrected chi connectivity index (χ1v) is 5.27. The van der Waals surface area contributed by atoms with E-state index in [1.54, 1.807) is 35.3 Å². The summed E-state index contributed by atoms with van der Waals surface area (Å²) >= 11 is 1.50. The van der Waals surface area contributed by atoms with Gasteiger partial charge in [0.2, 0.25) is 5.16 Å². The van der Waals surface area contributed by atoms with Crippen molar-refractivity contribution < 1.29 is 5.11 Å². The molecule has 0 aliphatic rings. The van der Waals surface area contributed by atoms with Crippen LogP contribution in [0.1, 0.15) is 0 Å². The average Bonchev–Trinajstić information content (AvgIpc) is 2.67. The minimum atomic E-state index is 0.249. The van der Waals surface area contributed by atoms with Crippen molar-refractivity contribution in [1.82, 2.24) is 14.8 Å². The second kappa shape index (κ2) is 3.71. The highest BCUT2D eigenvalue weighted by Crippen LogP contribution is 2.14. The number of thioether (sulfide) groups is 1. The lowest BCUT2D eigenvalue weighted by molar-refractivity contribution is 0.475. The van der Waals surface area contributed by atoms with Crippen LogP contribution < -0.4 is 0 Å². The molecule has 1 aromatic heterocycles. The highest BCUT2D eigenvalue weighted by molar-refractivity contribution is 7.98. The third-order valence-corrected chi connectivity index (χ3v) is 2.32. The lowest BCUT2D eigenvalue weighted by Gasteiger charge is -1.98. The first-order chi connectivity index (χ1) is 6.79. The zero-order valence-electron chi connectivity index (χ0n) is 7.58. The maximum atomic E-state index is 9.11. The Morgan fingerprint density at radius 1 is 1.29 bits per heavy atom. The fourth-order valence-corrected chi connectivity index (χ4v) is 1.39. The smallest absolute Gasteiger partial charge is 0.208 e. The van der Waals surface area contributed by atoms with Crippen molar-refractivity contribution in [2.45, 2.75) is 5.16 Å². The molecule has 0 aliphatic heterocycles. The number of phenols is 1. The van der Waals surface area contributed by atoms with Gasteiger partial charge in [-0.3, -0.25) is 0 Å². The minimum absolute atomic E-state index is 0.249. The average molecular weight is 207 g/mol. The Morgan fingerprint density at radius 3 is 2.57 bits per heavy atom. The quantitative estimate of drug-likeness (QED) is 0.761. The monoisotopic (exact) mass is 207 g/mol. The molecule has 0 saturated carbocycles. The lowest BCUT2D eigenvalue weighted by Crippen LogP contribution is -1.93. The minimum Gasteiger partial charge on any atom is -0.508 e. The molecule has 1 N–H and O–H groups in total. The Bertz CT molecular complexity index is 424. The molecule has 1 aromatic carbocycles. The molecule has 72 valence electrons. The van der Waals surface area contributed by atoms with Gasteiger partial charge < -0.3 is 5.11 Å². The van der Waals surface area contributed by atoms with E-state index in [0.29, 0.717) is 0 Å². The van der Waals surface area contributed by atoms with Crippen LogP contribution in [0.25, 0.3) is 5.69 Å². The number of aromatic nitrogens is 3. The maximum absolute atomic E-state index is 9.11. The molecule has 0 atom stereocenters. The van der Waals surface area contributed by atoms with Crippen molar-refractivity contribution in [2.24, 2.45) is 0 Å². The van der Waals surface area contributed by atoms with E-state index in [-0.39, 0.29) is 5.75 Å². The predicted molar refractivity (Wildman–Crippen MR) is 54.8 cm³/mol. The maximum Gasteiger partial charge on any atom is 0.208 e. The van der Waals surface area contributed by atoms with Crippen molar-refractivity contribution in [3.05, 3.63) is 30.6 Å². The highest BCUT2D eigenvalue weighted by Gasteiger charge is 2.00. The van der Waals surface area contributed by atoms with E-state index in [1.807, 2.05) is 6.26 Å². The molecule has 1 heterocycles. The summed E-state index contributed by atoms with van der Waals surface area (Å²) in [4.78, 5) is 4.09. The molecule has 2 rings (SSSR count). The van der Waals surface area contributed by atoms with Gasteiger partial charge in [-0.25, -0.2) is 9.67 Å². The van der Waals surface area contributed by atoms with Crippen molar-refractivity contribution in [2.75, 3.05) is 6.26 Å². The van der Waals surface area contributed by atoms with E-state index in [0.717, 1.165) is 10.8 Å². The number of rotatable bonds is 2. The summed E-state index contributed by atoms with van der Waals surface area (Å²) in [6, 6.07) is 6.81. The van der Waals surface area contributed by atoms with Crippen LogP contribution in [0.15, 0.2) is 35.7 Å². The molecule has 0 spiro atoms. The Kier molecular flexibility index (Phi) is 2.41. The normalized spacial score (nSPS) is 10.4. The van der Waals surface area contributed by atoms with Gasteiger partial charge in [-0.15, -0.1) is 5.10 Å². The zero-order chi connectivity index (χ0) is 9.97. The Balaban J connectivity index is 2.34. The molecule has 2 aromatic rings. The summed E-state index contributed by atoms with van der Waals surface area (Å²) in [5.74, 6) is 0.249. The number of hydrogen-bond acceptors (Lipinski definition) is 4. The zero-order valence-corrected chi connectivity index (χ0v) is 8.40. The van der Waals surface area contributed by atoms with Gasteiger partial charge in [0.1, 0.15) is 12.1 Å². The standard InChI is InChI=1S/C9H9N3OS/c1-14-9-10-6-12(11-9)7-2-4-8(13)5-3-7/h2-6,13H,1H3. The van der Waals surface area contributed by atoms with Crippen LogP contribution >= 0.6 is 11.8 Å². The van der Waals surface area contributed by atoms with Gasteiger partial charge in [0, 0.05) is 0 Å². The summed E-state index contributed by atoms with van der Waals surface area (Å²) < 4.78 is 1.67. The van der Waals surface area contributed by atoms with Crippen LogP contribution in [-0.4, -0.2) is 26.1 Å². The summed E-state index contributed by atoms with van der Waals surface area (Å²) in [5, 5.41) is 14.1. The third kappa shape index (κ3) is 1.72. The van der Waals surface area contributed by atoms with Crippen molar-refractivity contribution in [3.63, 3.8) is 0 Å². The van der Waals surface area contributed by atoms with Gasteiger partial charge in [-0.05, 0) is 30.5 Å². The third-order valence-electron chi connectivity index (χ3n) is 1.77.